The van der Waals surface area contributed by atoms with Crippen LogP contribution in [0.1, 0.15) is 48.9 Å². The molecule has 0 unspecified atom stereocenters. The van der Waals surface area contributed by atoms with Gasteiger partial charge in [-0.25, -0.2) is 8.78 Å². The molecule has 2 N–H and O–H groups in total. The maximum absolute atomic E-state index is 13.9. The van der Waals surface area contributed by atoms with Crippen molar-refractivity contribution in [3.8, 4) is 0 Å². The predicted octanol–water partition coefficient (Wildman–Crippen LogP) is 4.51. The minimum Gasteiger partial charge on any atom is -0.370 e. The van der Waals surface area contributed by atoms with E-state index in [9.17, 15) is 18.4 Å². The van der Waals surface area contributed by atoms with Crippen LogP contribution in [0.25, 0.3) is 0 Å². The third kappa shape index (κ3) is 5.98. The van der Waals surface area contributed by atoms with Crippen LogP contribution in [0.2, 0.25) is 10.0 Å². The highest BCUT2D eigenvalue weighted by Gasteiger charge is 2.30. The molecule has 1 heterocycles. The topological polar surface area (TPSA) is 86.2 Å². The smallest absolute Gasteiger partial charge is 0.278 e. The molecule has 1 fully saturated rings. The average molecular weight is 461 g/mol. The van der Waals surface area contributed by atoms with E-state index in [1.165, 1.54) is 17.3 Å². The Balaban J connectivity index is 2.24. The summed E-state index contributed by atoms with van der Waals surface area (Å²) in [7, 11) is 1.55. The number of ketones is 1. The number of pyridine rings is 1. The van der Waals surface area contributed by atoms with Crippen molar-refractivity contribution in [3.63, 3.8) is 0 Å². The molecular formula is C20H24Cl2F2N4O2. The summed E-state index contributed by atoms with van der Waals surface area (Å²) < 4.78 is 27.9. The Morgan fingerprint density at radius 2 is 1.87 bits per heavy atom. The zero-order valence-corrected chi connectivity index (χ0v) is 18.1. The van der Waals surface area contributed by atoms with Crippen molar-refractivity contribution in [3.05, 3.63) is 39.3 Å². The molecule has 1 aromatic rings. The number of Topliss-reactive ketones (excluding diaryl/α,β-unsaturated/α-hetero) is 1. The van der Waals surface area contributed by atoms with E-state index >= 15 is 0 Å². The summed E-state index contributed by atoms with van der Waals surface area (Å²) in [5.41, 5.74) is -0.636. The third-order valence-electron chi connectivity index (χ3n) is 5.14. The first-order valence-electron chi connectivity index (χ1n) is 9.61. The molecule has 0 bridgehead atoms. The summed E-state index contributed by atoms with van der Waals surface area (Å²) in [5, 5.41) is 9.77. The Kier molecular flexibility index (Phi) is 9.17. The number of nitrogens with one attached hydrogen (secondary N) is 2. The molecule has 0 atom stereocenters. The monoisotopic (exact) mass is 460 g/mol. The van der Waals surface area contributed by atoms with Gasteiger partial charge in [0.1, 0.15) is 0 Å². The fraction of sp³-hybridized carbons (Fsp3) is 0.500. The van der Waals surface area contributed by atoms with Crippen molar-refractivity contribution in [2.24, 2.45) is 0 Å². The quantitative estimate of drug-likeness (QED) is 0.322. The van der Waals surface area contributed by atoms with Crippen molar-refractivity contribution in [2.75, 3.05) is 13.6 Å². The highest BCUT2D eigenvalue weighted by Crippen LogP contribution is 2.29. The van der Waals surface area contributed by atoms with E-state index in [-0.39, 0.29) is 33.6 Å². The number of amides is 1. The number of hydrogen-bond donors (Lipinski definition) is 2. The van der Waals surface area contributed by atoms with Gasteiger partial charge in [-0.3, -0.25) is 14.6 Å². The van der Waals surface area contributed by atoms with Crippen LogP contribution in [0.5, 0.6) is 0 Å². The molecule has 1 saturated carbocycles. The van der Waals surface area contributed by atoms with E-state index < -0.39 is 30.4 Å². The van der Waals surface area contributed by atoms with Gasteiger partial charge < -0.3 is 15.6 Å². The molecule has 10 heteroatoms. The Morgan fingerprint density at radius 1 is 1.27 bits per heavy atom. The van der Waals surface area contributed by atoms with Gasteiger partial charge in [-0.05, 0) is 19.1 Å². The van der Waals surface area contributed by atoms with Crippen molar-refractivity contribution < 1.29 is 18.4 Å². The largest absolute Gasteiger partial charge is 0.370 e. The molecule has 0 spiro atoms. The van der Waals surface area contributed by atoms with Crippen molar-refractivity contribution in [2.45, 2.75) is 51.0 Å². The number of hydrogen-bond acceptors (Lipinski definition) is 5. The number of aromatic nitrogens is 1. The first-order valence-corrected chi connectivity index (χ1v) is 10.4. The van der Waals surface area contributed by atoms with Crippen LogP contribution in [0.3, 0.4) is 0 Å². The van der Waals surface area contributed by atoms with Crippen LogP contribution >= 0.6 is 23.2 Å². The Labute approximate surface area is 184 Å². The molecule has 1 aliphatic carbocycles. The van der Waals surface area contributed by atoms with Gasteiger partial charge in [0.25, 0.3) is 6.43 Å². The van der Waals surface area contributed by atoms with Gasteiger partial charge in [0.05, 0.1) is 27.9 Å². The lowest BCUT2D eigenvalue weighted by Gasteiger charge is -2.35. The van der Waals surface area contributed by atoms with Gasteiger partial charge in [0.2, 0.25) is 5.91 Å². The van der Waals surface area contributed by atoms with E-state index in [0.717, 1.165) is 38.3 Å². The molecule has 1 aromatic heterocycles. The van der Waals surface area contributed by atoms with Gasteiger partial charge in [-0.15, -0.1) is 0 Å². The molecule has 164 valence electrons. The van der Waals surface area contributed by atoms with Gasteiger partial charge in [0, 0.05) is 37.5 Å². The second kappa shape index (κ2) is 11.4. The molecule has 1 amide bonds. The van der Waals surface area contributed by atoms with Crippen LogP contribution in [-0.2, 0) is 4.79 Å². The fourth-order valence-electron chi connectivity index (χ4n) is 3.61. The molecule has 2 rings (SSSR count). The normalized spacial score (nSPS) is 15.5. The van der Waals surface area contributed by atoms with E-state index in [2.05, 4.69) is 10.3 Å². The molecule has 1 aliphatic rings. The molecule has 0 saturated heterocycles. The molecule has 0 aliphatic heterocycles. The van der Waals surface area contributed by atoms with Gasteiger partial charge in [0.15, 0.2) is 5.78 Å². The lowest BCUT2D eigenvalue weighted by Crippen LogP contribution is -2.39. The minimum atomic E-state index is -2.89. The summed E-state index contributed by atoms with van der Waals surface area (Å²) in [5.74, 6) is -1.40. The lowest BCUT2D eigenvalue weighted by atomic mass is 9.93. The van der Waals surface area contributed by atoms with Crippen molar-refractivity contribution in [1.82, 2.24) is 15.2 Å². The summed E-state index contributed by atoms with van der Waals surface area (Å²) in [6.07, 6.45) is 4.71. The zero-order chi connectivity index (χ0) is 22.3. The molecular weight excluding hydrogens is 437 g/mol. The number of nitrogens with zero attached hydrogens (tertiary/aromatic N) is 2. The summed E-state index contributed by atoms with van der Waals surface area (Å²) in [6.45, 7) is -0.479. The predicted molar refractivity (Wildman–Crippen MR) is 113 cm³/mol. The van der Waals surface area contributed by atoms with Gasteiger partial charge >= 0.3 is 0 Å². The second-order valence-corrected chi connectivity index (χ2v) is 7.87. The number of carbonyl (C=O) groups excluding carboxylic acids is 2. The van der Waals surface area contributed by atoms with E-state index in [1.807, 2.05) is 0 Å². The highest BCUT2D eigenvalue weighted by atomic mass is 35.5. The number of carbonyl (C=O) groups is 2. The van der Waals surface area contributed by atoms with Gasteiger partial charge in [-0.2, -0.15) is 0 Å². The van der Waals surface area contributed by atoms with Crippen LogP contribution in [0, 0.1) is 5.41 Å². The minimum absolute atomic E-state index is 0.000348. The maximum atomic E-state index is 13.9. The van der Waals surface area contributed by atoms with Crippen molar-refractivity contribution >= 4 is 41.1 Å². The zero-order valence-electron chi connectivity index (χ0n) is 16.6. The number of allylic oxidation sites excluding steroid dienone is 1. The Bertz CT molecular complexity index is 807. The van der Waals surface area contributed by atoms with Crippen LogP contribution in [0.4, 0.5) is 8.78 Å². The first-order chi connectivity index (χ1) is 14.3. The van der Waals surface area contributed by atoms with Gasteiger partial charge in [-0.1, -0.05) is 42.5 Å². The summed E-state index contributed by atoms with van der Waals surface area (Å²) in [4.78, 5) is 30.3. The summed E-state index contributed by atoms with van der Waals surface area (Å²) in [6, 6.07) is -0.0904. The molecule has 30 heavy (non-hydrogen) atoms. The Hall–Kier alpha value is -2.06. The fourth-order valence-corrected chi connectivity index (χ4v) is 4.19. The van der Waals surface area contributed by atoms with E-state index in [4.69, 9.17) is 28.6 Å². The molecule has 6 nitrogen and oxygen atoms in total. The van der Waals surface area contributed by atoms with Crippen LogP contribution < -0.4 is 5.32 Å². The Morgan fingerprint density at radius 3 is 2.40 bits per heavy atom. The number of rotatable bonds is 9. The standard InChI is InChI=1S/C20H24Cl2F2N4O2/c1-28(12-5-3-2-4-6-12)18(19(23)24)13(7-8-25)20(30)27-11-16(29)17-14(21)9-26-10-15(17)22/h8-10,12,19,25H,2-7,11H2,1H3,(H,27,30). The highest BCUT2D eigenvalue weighted by molar-refractivity contribution is 6.39. The van der Waals surface area contributed by atoms with E-state index in [0.29, 0.717) is 0 Å². The first kappa shape index (κ1) is 24.2. The maximum Gasteiger partial charge on any atom is 0.278 e. The average Bonchev–Trinajstić information content (AvgIpc) is 2.71. The molecule has 0 radical (unpaired) electrons. The van der Waals surface area contributed by atoms with E-state index in [1.54, 1.807) is 7.05 Å². The number of alkyl halides is 2. The second-order valence-electron chi connectivity index (χ2n) is 7.06. The lowest BCUT2D eigenvalue weighted by molar-refractivity contribution is -0.117. The molecule has 0 aromatic carbocycles. The van der Waals surface area contributed by atoms with Crippen LogP contribution in [-0.4, -0.2) is 53.8 Å². The third-order valence-corrected chi connectivity index (χ3v) is 5.71. The van der Waals surface area contributed by atoms with Crippen LogP contribution in [0.15, 0.2) is 23.7 Å². The SMILES string of the molecule is CN(C(=C(CC=N)C(=O)NCC(=O)c1c(Cl)cncc1Cl)C(F)F)C1CCCCC1. The number of halogens is 4. The van der Waals surface area contributed by atoms with Crippen molar-refractivity contribution in [1.29, 1.82) is 5.41 Å². The summed E-state index contributed by atoms with van der Waals surface area (Å²) >= 11 is 11.9.